The molecule has 6 nitrogen and oxygen atoms in total. The number of guanidine groups is 1. The van der Waals surface area contributed by atoms with E-state index >= 15 is 0 Å². The van der Waals surface area contributed by atoms with Gasteiger partial charge in [-0.05, 0) is 36.3 Å². The predicted octanol–water partition coefficient (Wildman–Crippen LogP) is 2.20. The van der Waals surface area contributed by atoms with Gasteiger partial charge in [0.2, 0.25) is 5.95 Å². The molecule has 2 fully saturated rings. The molecule has 4 rings (SSSR count). The summed E-state index contributed by atoms with van der Waals surface area (Å²) in [5.74, 6) is 1.84. The Morgan fingerprint density at radius 1 is 1.04 bits per heavy atom. The quantitative estimate of drug-likeness (QED) is 0.651. The lowest BCUT2D eigenvalue weighted by Crippen LogP contribution is -2.53. The van der Waals surface area contributed by atoms with Crippen LogP contribution >= 0.6 is 0 Å². The third-order valence-electron chi connectivity index (χ3n) is 5.63. The van der Waals surface area contributed by atoms with Crippen LogP contribution in [0, 0.1) is 5.41 Å². The lowest BCUT2D eigenvalue weighted by molar-refractivity contribution is 0.363. The number of aliphatic imine (C=N–C) groups is 1. The summed E-state index contributed by atoms with van der Waals surface area (Å²) in [4.78, 5) is 17.8. The fourth-order valence-electron chi connectivity index (χ4n) is 3.79. The van der Waals surface area contributed by atoms with Crippen LogP contribution in [0.2, 0.25) is 0 Å². The summed E-state index contributed by atoms with van der Waals surface area (Å²) in [5.41, 5.74) is 1.83. The van der Waals surface area contributed by atoms with Gasteiger partial charge in [0.25, 0.3) is 0 Å². The molecule has 2 heterocycles. The molecule has 0 amide bonds. The molecule has 27 heavy (non-hydrogen) atoms. The van der Waals surface area contributed by atoms with E-state index in [1.54, 1.807) is 12.4 Å². The molecule has 0 radical (unpaired) electrons. The van der Waals surface area contributed by atoms with Gasteiger partial charge in [0.05, 0.1) is 0 Å². The molecule has 1 aromatic heterocycles. The summed E-state index contributed by atoms with van der Waals surface area (Å²) in [6.45, 7) is 4.70. The van der Waals surface area contributed by atoms with E-state index in [0.29, 0.717) is 5.41 Å². The second-order valence-electron chi connectivity index (χ2n) is 7.59. The van der Waals surface area contributed by atoms with Crippen LogP contribution in [0.15, 0.2) is 53.8 Å². The summed E-state index contributed by atoms with van der Waals surface area (Å²) >= 11 is 0. The van der Waals surface area contributed by atoms with Gasteiger partial charge in [0, 0.05) is 52.2 Å². The minimum Gasteiger partial charge on any atom is -0.356 e. The molecular formula is C21H28N6. The monoisotopic (exact) mass is 364 g/mol. The summed E-state index contributed by atoms with van der Waals surface area (Å²) in [6, 6.07) is 12.7. The van der Waals surface area contributed by atoms with Crippen molar-refractivity contribution in [1.82, 2.24) is 20.2 Å². The smallest absolute Gasteiger partial charge is 0.225 e. The van der Waals surface area contributed by atoms with Gasteiger partial charge in [-0.25, -0.2) is 9.97 Å². The first-order chi connectivity index (χ1) is 13.3. The summed E-state index contributed by atoms with van der Waals surface area (Å²) < 4.78 is 0. The van der Waals surface area contributed by atoms with Gasteiger partial charge < -0.3 is 15.1 Å². The molecule has 2 aromatic rings. The van der Waals surface area contributed by atoms with Crippen LogP contribution in [-0.2, 0) is 6.42 Å². The van der Waals surface area contributed by atoms with Crippen LogP contribution < -0.4 is 10.2 Å². The standard InChI is InChI=1S/C21H28N6/c1-22-19(25-17-21(8-9-21)16-18-6-3-2-4-7-18)26-12-14-27(15-13-26)20-23-10-5-11-24-20/h2-7,10-11H,8-9,12-17H2,1H3,(H,22,25). The number of nitrogens with zero attached hydrogens (tertiary/aromatic N) is 5. The van der Waals surface area contributed by atoms with Crippen LogP contribution in [0.4, 0.5) is 5.95 Å². The molecule has 1 saturated carbocycles. The molecule has 1 aliphatic heterocycles. The Labute approximate surface area is 161 Å². The number of benzene rings is 1. The Morgan fingerprint density at radius 2 is 1.74 bits per heavy atom. The predicted molar refractivity (Wildman–Crippen MR) is 109 cm³/mol. The molecule has 0 bridgehead atoms. The first-order valence-electron chi connectivity index (χ1n) is 9.80. The van der Waals surface area contributed by atoms with E-state index in [1.165, 1.54) is 18.4 Å². The Kier molecular flexibility index (Phi) is 5.23. The van der Waals surface area contributed by atoms with Gasteiger partial charge in [-0.2, -0.15) is 0 Å². The number of anilines is 1. The van der Waals surface area contributed by atoms with Gasteiger partial charge in [0.15, 0.2) is 5.96 Å². The van der Waals surface area contributed by atoms with E-state index in [0.717, 1.165) is 51.1 Å². The molecule has 0 atom stereocenters. The molecule has 1 aliphatic carbocycles. The molecular weight excluding hydrogens is 336 g/mol. The van der Waals surface area contributed by atoms with E-state index in [2.05, 4.69) is 60.4 Å². The van der Waals surface area contributed by atoms with E-state index in [4.69, 9.17) is 0 Å². The Balaban J connectivity index is 1.29. The van der Waals surface area contributed by atoms with Crippen LogP contribution in [0.3, 0.4) is 0 Å². The molecule has 142 valence electrons. The number of aromatic nitrogens is 2. The molecule has 0 spiro atoms. The lowest BCUT2D eigenvalue weighted by atomic mass is 9.96. The highest BCUT2D eigenvalue weighted by atomic mass is 15.4. The summed E-state index contributed by atoms with van der Waals surface area (Å²) in [5, 5.41) is 3.64. The zero-order valence-corrected chi connectivity index (χ0v) is 16.0. The lowest BCUT2D eigenvalue weighted by Gasteiger charge is -2.36. The SMILES string of the molecule is CN=C(NCC1(Cc2ccccc2)CC1)N1CCN(c2ncccn2)CC1. The van der Waals surface area contributed by atoms with Gasteiger partial charge in [-0.1, -0.05) is 30.3 Å². The van der Waals surface area contributed by atoms with Gasteiger partial charge in [-0.15, -0.1) is 0 Å². The largest absolute Gasteiger partial charge is 0.356 e. The summed E-state index contributed by atoms with van der Waals surface area (Å²) in [7, 11) is 1.88. The van der Waals surface area contributed by atoms with Crippen molar-refractivity contribution in [1.29, 1.82) is 0 Å². The Bertz CT molecular complexity index is 749. The van der Waals surface area contributed by atoms with Crippen LogP contribution in [-0.4, -0.2) is 60.6 Å². The van der Waals surface area contributed by atoms with Crippen molar-refractivity contribution in [2.75, 3.05) is 44.7 Å². The van der Waals surface area contributed by atoms with Crippen molar-refractivity contribution in [2.45, 2.75) is 19.3 Å². The van der Waals surface area contributed by atoms with Crippen molar-refractivity contribution >= 4 is 11.9 Å². The maximum absolute atomic E-state index is 4.53. The zero-order chi connectivity index (χ0) is 18.5. The average Bonchev–Trinajstić information content (AvgIpc) is 3.50. The number of hydrogen-bond donors (Lipinski definition) is 1. The Hall–Kier alpha value is -2.63. The minimum absolute atomic E-state index is 0.400. The maximum atomic E-state index is 4.53. The van der Waals surface area contributed by atoms with Crippen molar-refractivity contribution in [3.8, 4) is 0 Å². The van der Waals surface area contributed by atoms with Crippen molar-refractivity contribution in [3.05, 3.63) is 54.4 Å². The maximum Gasteiger partial charge on any atom is 0.225 e. The van der Waals surface area contributed by atoms with Crippen LogP contribution in [0.5, 0.6) is 0 Å². The molecule has 1 N–H and O–H groups in total. The van der Waals surface area contributed by atoms with Crippen molar-refractivity contribution in [3.63, 3.8) is 0 Å². The van der Waals surface area contributed by atoms with E-state index in [-0.39, 0.29) is 0 Å². The van der Waals surface area contributed by atoms with Gasteiger partial charge in [-0.3, -0.25) is 4.99 Å². The number of hydrogen-bond acceptors (Lipinski definition) is 4. The highest BCUT2D eigenvalue weighted by Gasteiger charge is 2.42. The van der Waals surface area contributed by atoms with E-state index in [1.807, 2.05) is 13.1 Å². The van der Waals surface area contributed by atoms with Gasteiger partial charge in [0.1, 0.15) is 0 Å². The fraction of sp³-hybridized carbons (Fsp3) is 0.476. The zero-order valence-electron chi connectivity index (χ0n) is 16.0. The third kappa shape index (κ3) is 4.38. The number of nitrogens with one attached hydrogen (secondary N) is 1. The Morgan fingerprint density at radius 3 is 2.37 bits per heavy atom. The molecule has 1 saturated heterocycles. The molecule has 0 unspecified atom stereocenters. The van der Waals surface area contributed by atoms with E-state index < -0.39 is 0 Å². The fourth-order valence-corrected chi connectivity index (χ4v) is 3.79. The van der Waals surface area contributed by atoms with Crippen LogP contribution in [0.25, 0.3) is 0 Å². The average molecular weight is 364 g/mol. The number of piperazine rings is 1. The molecule has 6 heteroatoms. The second-order valence-corrected chi connectivity index (χ2v) is 7.59. The number of rotatable bonds is 5. The second kappa shape index (κ2) is 7.94. The van der Waals surface area contributed by atoms with Crippen molar-refractivity contribution < 1.29 is 0 Å². The van der Waals surface area contributed by atoms with Crippen molar-refractivity contribution in [2.24, 2.45) is 10.4 Å². The van der Waals surface area contributed by atoms with Crippen LogP contribution in [0.1, 0.15) is 18.4 Å². The summed E-state index contributed by atoms with van der Waals surface area (Å²) in [6.07, 6.45) is 7.35. The highest BCUT2D eigenvalue weighted by Crippen LogP contribution is 2.47. The van der Waals surface area contributed by atoms with E-state index in [9.17, 15) is 0 Å². The highest BCUT2D eigenvalue weighted by molar-refractivity contribution is 5.80. The molecule has 1 aromatic carbocycles. The third-order valence-corrected chi connectivity index (χ3v) is 5.63. The first-order valence-corrected chi connectivity index (χ1v) is 9.80. The minimum atomic E-state index is 0.400. The molecule has 2 aliphatic rings. The topological polar surface area (TPSA) is 56.7 Å². The van der Waals surface area contributed by atoms with Gasteiger partial charge >= 0.3 is 0 Å². The normalized spacial score (nSPS) is 19.1. The first kappa shape index (κ1) is 17.8.